The molecule has 0 aliphatic heterocycles. The summed E-state index contributed by atoms with van der Waals surface area (Å²) in [7, 11) is 0. The zero-order valence-electron chi connectivity index (χ0n) is 8.72. The van der Waals surface area contributed by atoms with Crippen LogP contribution in [0.25, 0.3) is 22.2 Å². The van der Waals surface area contributed by atoms with Crippen molar-refractivity contribution in [1.29, 1.82) is 0 Å². The summed E-state index contributed by atoms with van der Waals surface area (Å²) >= 11 is 0. The Morgan fingerprint density at radius 1 is 1.12 bits per heavy atom. The molecule has 0 saturated heterocycles. The van der Waals surface area contributed by atoms with Gasteiger partial charge < -0.3 is 9.63 Å². The van der Waals surface area contributed by atoms with Gasteiger partial charge >= 0.3 is 0 Å². The Bertz CT molecular complexity index is 691. The molecule has 0 spiro atoms. The maximum absolute atomic E-state index is 13.0. The fourth-order valence-corrected chi connectivity index (χ4v) is 1.78. The first-order chi connectivity index (χ1) is 8.25. The highest BCUT2D eigenvalue weighted by Crippen LogP contribution is 2.33. The monoisotopic (exact) mass is 229 g/mol. The van der Waals surface area contributed by atoms with Gasteiger partial charge in [-0.3, -0.25) is 0 Å². The van der Waals surface area contributed by atoms with Gasteiger partial charge in [-0.2, -0.15) is 0 Å². The third-order valence-electron chi connectivity index (χ3n) is 2.59. The highest BCUT2D eigenvalue weighted by atomic mass is 19.1. The lowest BCUT2D eigenvalue weighted by atomic mass is 10.1. The number of nitrogens with zero attached hydrogens (tertiary/aromatic N) is 1. The van der Waals surface area contributed by atoms with Crippen LogP contribution in [0.4, 0.5) is 4.39 Å². The third-order valence-corrected chi connectivity index (χ3v) is 2.59. The van der Waals surface area contributed by atoms with Gasteiger partial charge in [0.1, 0.15) is 17.3 Å². The SMILES string of the molecule is Oc1ccccc1-c1noc2cc(F)ccc12. The van der Waals surface area contributed by atoms with Crippen LogP contribution in [0.3, 0.4) is 0 Å². The molecule has 0 saturated carbocycles. The van der Waals surface area contributed by atoms with Gasteiger partial charge in [-0.15, -0.1) is 0 Å². The minimum absolute atomic E-state index is 0.118. The molecule has 3 aromatic rings. The van der Waals surface area contributed by atoms with E-state index < -0.39 is 0 Å². The van der Waals surface area contributed by atoms with Crippen LogP contribution < -0.4 is 0 Å². The lowest BCUT2D eigenvalue weighted by Gasteiger charge is -1.99. The molecule has 1 heterocycles. The van der Waals surface area contributed by atoms with Crippen LogP contribution in [0.1, 0.15) is 0 Å². The average Bonchev–Trinajstić information content (AvgIpc) is 2.72. The third kappa shape index (κ3) is 1.54. The lowest BCUT2D eigenvalue weighted by molar-refractivity contribution is 0.454. The highest BCUT2D eigenvalue weighted by Gasteiger charge is 2.13. The summed E-state index contributed by atoms with van der Waals surface area (Å²) in [5.41, 5.74) is 1.44. The Labute approximate surface area is 96.1 Å². The number of rotatable bonds is 1. The van der Waals surface area contributed by atoms with Crippen molar-refractivity contribution < 1.29 is 14.0 Å². The smallest absolute Gasteiger partial charge is 0.170 e. The first-order valence-electron chi connectivity index (χ1n) is 5.09. The predicted octanol–water partition coefficient (Wildman–Crippen LogP) is 3.34. The Hall–Kier alpha value is -2.36. The molecule has 0 radical (unpaired) electrons. The highest BCUT2D eigenvalue weighted by molar-refractivity contribution is 5.92. The minimum atomic E-state index is -0.377. The van der Waals surface area contributed by atoms with Gasteiger partial charge in [-0.25, -0.2) is 4.39 Å². The van der Waals surface area contributed by atoms with Crippen LogP contribution in [0.5, 0.6) is 5.75 Å². The molecule has 0 atom stereocenters. The van der Waals surface area contributed by atoms with Gasteiger partial charge in [0, 0.05) is 11.6 Å². The molecule has 0 amide bonds. The number of phenolic OH excluding ortho intramolecular Hbond substituents is 1. The Balaban J connectivity index is 2.29. The molecular formula is C13H8FNO2. The van der Waals surface area contributed by atoms with Crippen molar-refractivity contribution in [2.45, 2.75) is 0 Å². The number of aromatic nitrogens is 1. The number of fused-ring (bicyclic) bond motifs is 1. The first-order valence-corrected chi connectivity index (χ1v) is 5.09. The summed E-state index contributed by atoms with van der Waals surface area (Å²) in [5.74, 6) is -0.260. The van der Waals surface area contributed by atoms with Gasteiger partial charge in [-0.05, 0) is 24.3 Å². The van der Waals surface area contributed by atoms with Crippen molar-refractivity contribution >= 4 is 11.0 Å². The van der Waals surface area contributed by atoms with Gasteiger partial charge in [0.25, 0.3) is 0 Å². The lowest BCUT2D eigenvalue weighted by Crippen LogP contribution is -1.79. The molecule has 3 rings (SSSR count). The fraction of sp³-hybridized carbons (Fsp3) is 0. The number of hydrogen-bond acceptors (Lipinski definition) is 3. The maximum Gasteiger partial charge on any atom is 0.170 e. The van der Waals surface area contributed by atoms with Gasteiger partial charge in [-0.1, -0.05) is 17.3 Å². The van der Waals surface area contributed by atoms with Crippen LogP contribution in [0, 0.1) is 5.82 Å². The van der Waals surface area contributed by atoms with Crippen molar-refractivity contribution in [3.8, 4) is 17.0 Å². The van der Waals surface area contributed by atoms with E-state index in [2.05, 4.69) is 5.16 Å². The largest absolute Gasteiger partial charge is 0.507 e. The standard InChI is InChI=1S/C13H8FNO2/c14-8-5-6-10-12(7-8)17-15-13(10)9-3-1-2-4-11(9)16/h1-7,16H. The van der Waals surface area contributed by atoms with Gasteiger partial charge in [0.2, 0.25) is 0 Å². The quantitative estimate of drug-likeness (QED) is 0.696. The van der Waals surface area contributed by atoms with Crippen LogP contribution in [-0.4, -0.2) is 10.3 Å². The van der Waals surface area contributed by atoms with E-state index in [4.69, 9.17) is 4.52 Å². The van der Waals surface area contributed by atoms with Crippen LogP contribution >= 0.6 is 0 Å². The maximum atomic E-state index is 13.0. The average molecular weight is 229 g/mol. The number of hydrogen-bond donors (Lipinski definition) is 1. The zero-order chi connectivity index (χ0) is 11.8. The molecular weight excluding hydrogens is 221 g/mol. The van der Waals surface area contributed by atoms with Gasteiger partial charge in [0.15, 0.2) is 5.58 Å². The Kier molecular flexibility index (Phi) is 2.08. The second kappa shape index (κ2) is 3.59. The molecule has 0 aliphatic carbocycles. The van der Waals surface area contributed by atoms with E-state index in [9.17, 15) is 9.50 Å². The first kappa shape index (κ1) is 9.84. The summed E-state index contributed by atoms with van der Waals surface area (Å²) in [6.07, 6.45) is 0. The minimum Gasteiger partial charge on any atom is -0.507 e. The number of para-hydroxylation sites is 1. The molecule has 3 nitrogen and oxygen atoms in total. The van der Waals surface area contributed by atoms with E-state index in [0.717, 1.165) is 0 Å². The Morgan fingerprint density at radius 3 is 2.76 bits per heavy atom. The predicted molar refractivity (Wildman–Crippen MR) is 61.1 cm³/mol. The molecule has 2 aromatic carbocycles. The van der Waals surface area contributed by atoms with Crippen LogP contribution in [0.15, 0.2) is 47.0 Å². The second-order valence-corrected chi connectivity index (χ2v) is 3.69. The number of halogens is 1. The van der Waals surface area contributed by atoms with E-state index in [-0.39, 0.29) is 11.6 Å². The van der Waals surface area contributed by atoms with E-state index in [0.29, 0.717) is 22.2 Å². The number of aromatic hydroxyl groups is 1. The second-order valence-electron chi connectivity index (χ2n) is 3.69. The number of phenols is 1. The molecule has 0 fully saturated rings. The molecule has 0 bridgehead atoms. The molecule has 0 unspecified atom stereocenters. The summed E-state index contributed by atoms with van der Waals surface area (Å²) in [6.45, 7) is 0. The van der Waals surface area contributed by atoms with Crippen molar-refractivity contribution in [3.05, 3.63) is 48.3 Å². The summed E-state index contributed by atoms with van der Waals surface area (Å²) < 4.78 is 18.0. The molecule has 84 valence electrons. The van der Waals surface area contributed by atoms with E-state index in [1.54, 1.807) is 30.3 Å². The number of benzene rings is 2. The summed E-state index contributed by atoms with van der Waals surface area (Å²) in [4.78, 5) is 0. The fourth-order valence-electron chi connectivity index (χ4n) is 1.78. The summed E-state index contributed by atoms with van der Waals surface area (Å²) in [5, 5.41) is 14.3. The Morgan fingerprint density at radius 2 is 1.94 bits per heavy atom. The van der Waals surface area contributed by atoms with Crippen molar-refractivity contribution in [2.75, 3.05) is 0 Å². The zero-order valence-corrected chi connectivity index (χ0v) is 8.72. The molecule has 1 N–H and O–H groups in total. The molecule has 1 aromatic heterocycles. The van der Waals surface area contributed by atoms with Crippen LogP contribution in [0.2, 0.25) is 0 Å². The van der Waals surface area contributed by atoms with E-state index in [1.807, 2.05) is 0 Å². The van der Waals surface area contributed by atoms with E-state index >= 15 is 0 Å². The van der Waals surface area contributed by atoms with Gasteiger partial charge in [0.05, 0.1) is 5.39 Å². The molecule has 17 heavy (non-hydrogen) atoms. The van der Waals surface area contributed by atoms with Crippen LogP contribution in [-0.2, 0) is 0 Å². The molecule has 4 heteroatoms. The topological polar surface area (TPSA) is 46.3 Å². The van der Waals surface area contributed by atoms with E-state index in [1.165, 1.54) is 12.1 Å². The molecule has 0 aliphatic rings. The summed E-state index contributed by atoms with van der Waals surface area (Å²) in [6, 6.07) is 11.0. The normalized spacial score (nSPS) is 10.9. The van der Waals surface area contributed by atoms with Crippen molar-refractivity contribution in [2.24, 2.45) is 0 Å². The van der Waals surface area contributed by atoms with Crippen molar-refractivity contribution in [3.63, 3.8) is 0 Å². The van der Waals surface area contributed by atoms with Crippen molar-refractivity contribution in [1.82, 2.24) is 5.16 Å².